The number of fused-ring (bicyclic) bond motifs is 1. The Morgan fingerprint density at radius 1 is 1.08 bits per heavy atom. The van der Waals surface area contributed by atoms with E-state index in [1.165, 1.54) is 15.6 Å². The lowest BCUT2D eigenvalue weighted by molar-refractivity contribution is 0.0588. The number of anilines is 1. The molecule has 4 aromatic rings. The van der Waals surface area contributed by atoms with Crippen LogP contribution in [0.15, 0.2) is 41.6 Å². The number of pyridine rings is 1. The van der Waals surface area contributed by atoms with Gasteiger partial charge in [0.15, 0.2) is 0 Å². The minimum atomic E-state index is -0.616. The quantitative estimate of drug-likeness (QED) is 0.378. The number of nitrogens with zero attached hydrogens (tertiary/aromatic N) is 8. The third-order valence-corrected chi connectivity index (χ3v) is 6.78. The molecule has 39 heavy (non-hydrogen) atoms. The third kappa shape index (κ3) is 5.64. The van der Waals surface area contributed by atoms with Crippen LogP contribution in [0.4, 0.5) is 10.6 Å². The van der Waals surface area contributed by atoms with Crippen LogP contribution in [0.25, 0.3) is 22.2 Å². The van der Waals surface area contributed by atoms with Gasteiger partial charge in [0, 0.05) is 62.7 Å². The number of carbonyl (C=O) groups is 1. The van der Waals surface area contributed by atoms with E-state index in [9.17, 15) is 9.59 Å². The highest BCUT2D eigenvalue weighted by Crippen LogP contribution is 2.36. The highest BCUT2D eigenvalue weighted by atomic mass is 16.6. The molecule has 1 aliphatic carbocycles. The summed E-state index contributed by atoms with van der Waals surface area (Å²) < 4.78 is 16.7. The number of ether oxygens (including phenoxy) is 2. The van der Waals surface area contributed by atoms with Crippen LogP contribution in [0.3, 0.4) is 0 Å². The van der Waals surface area contributed by atoms with E-state index in [0.717, 1.165) is 47.8 Å². The molecule has 0 N–H and O–H groups in total. The van der Waals surface area contributed by atoms with Crippen LogP contribution < -0.4 is 15.2 Å². The van der Waals surface area contributed by atoms with Gasteiger partial charge in [-0.3, -0.25) is 19.1 Å². The lowest BCUT2D eigenvalue weighted by atomic mass is 9.93. The maximum Gasteiger partial charge on any atom is 0.415 e. The van der Waals surface area contributed by atoms with E-state index < -0.39 is 11.7 Å². The van der Waals surface area contributed by atoms with Crippen LogP contribution in [0.2, 0.25) is 0 Å². The average Bonchev–Trinajstić information content (AvgIpc) is 3.48. The van der Waals surface area contributed by atoms with Crippen molar-refractivity contribution in [2.24, 2.45) is 14.1 Å². The van der Waals surface area contributed by atoms with Crippen molar-refractivity contribution in [2.75, 3.05) is 11.9 Å². The maximum atomic E-state index is 12.7. The molecule has 0 spiro atoms. The second kappa shape index (κ2) is 10.2. The smallest absolute Gasteiger partial charge is 0.415 e. The van der Waals surface area contributed by atoms with Crippen molar-refractivity contribution in [1.82, 2.24) is 34.3 Å². The maximum absolute atomic E-state index is 12.7. The summed E-state index contributed by atoms with van der Waals surface area (Å²) in [5, 5.41) is 14.4. The minimum Gasteiger partial charge on any atom is -0.473 e. The normalized spacial score (nSPS) is 17.8. The van der Waals surface area contributed by atoms with Crippen LogP contribution in [-0.4, -0.2) is 59.2 Å². The highest BCUT2D eigenvalue weighted by molar-refractivity contribution is 5.95. The lowest BCUT2D eigenvalue weighted by Gasteiger charge is -2.29. The molecule has 0 unspecified atom stereocenters. The largest absolute Gasteiger partial charge is 0.473 e. The molecule has 1 saturated carbocycles. The van der Waals surface area contributed by atoms with Crippen molar-refractivity contribution < 1.29 is 14.3 Å². The molecule has 0 saturated heterocycles. The Morgan fingerprint density at radius 3 is 2.46 bits per heavy atom. The predicted octanol–water partition coefficient (Wildman–Crippen LogP) is 3.86. The first-order valence-electron chi connectivity index (χ1n) is 13.0. The molecule has 0 atom stereocenters. The molecule has 12 nitrogen and oxygen atoms in total. The second-order valence-corrected chi connectivity index (χ2v) is 11.0. The number of hydrogen-bond acceptors (Lipinski definition) is 8. The van der Waals surface area contributed by atoms with Gasteiger partial charge in [-0.2, -0.15) is 10.2 Å². The van der Waals surface area contributed by atoms with Crippen LogP contribution in [0.5, 0.6) is 5.88 Å². The molecule has 4 aromatic heterocycles. The van der Waals surface area contributed by atoms with E-state index in [-0.39, 0.29) is 17.7 Å². The fraction of sp³-hybridized carbons (Fsp3) is 0.481. The second-order valence-electron chi connectivity index (χ2n) is 11.0. The summed E-state index contributed by atoms with van der Waals surface area (Å²) >= 11 is 0. The fourth-order valence-corrected chi connectivity index (χ4v) is 4.79. The number of carbonyl (C=O) groups excluding carboxylic acids is 1. The molecular formula is C27H34N8O4. The first kappa shape index (κ1) is 26.4. The molecular weight excluding hydrogens is 500 g/mol. The van der Waals surface area contributed by atoms with Gasteiger partial charge in [0.05, 0.1) is 17.8 Å². The van der Waals surface area contributed by atoms with Crippen molar-refractivity contribution in [3.05, 3.63) is 47.1 Å². The van der Waals surface area contributed by atoms with Crippen molar-refractivity contribution in [3.63, 3.8) is 0 Å². The summed E-state index contributed by atoms with van der Waals surface area (Å²) in [7, 11) is 5.13. The number of aryl methyl sites for hydroxylation is 2. The van der Waals surface area contributed by atoms with Crippen molar-refractivity contribution >= 4 is 22.8 Å². The van der Waals surface area contributed by atoms with E-state index in [2.05, 4.69) is 15.2 Å². The zero-order valence-corrected chi connectivity index (χ0v) is 23.2. The van der Waals surface area contributed by atoms with Crippen LogP contribution in [-0.2, 0) is 18.8 Å². The molecule has 1 amide bonds. The molecule has 1 aliphatic rings. The first-order chi connectivity index (χ1) is 18.5. The number of rotatable bonds is 5. The Kier molecular flexibility index (Phi) is 6.87. The molecule has 0 radical (unpaired) electrons. The minimum absolute atomic E-state index is 0.00130. The third-order valence-electron chi connectivity index (χ3n) is 6.78. The van der Waals surface area contributed by atoms with Gasteiger partial charge in [0.25, 0.3) is 5.56 Å². The summed E-state index contributed by atoms with van der Waals surface area (Å²) in [6, 6.07) is 5.10. The zero-order valence-electron chi connectivity index (χ0n) is 23.2. The monoisotopic (exact) mass is 534 g/mol. The van der Waals surface area contributed by atoms with Crippen LogP contribution in [0.1, 0.15) is 52.5 Å². The van der Waals surface area contributed by atoms with E-state index in [1.54, 1.807) is 37.2 Å². The number of hydrogen-bond donors (Lipinski definition) is 0. The molecule has 206 valence electrons. The van der Waals surface area contributed by atoms with E-state index in [0.29, 0.717) is 11.7 Å². The topological polar surface area (TPSA) is 122 Å². The van der Waals surface area contributed by atoms with Gasteiger partial charge in [0.1, 0.15) is 23.2 Å². The summed E-state index contributed by atoms with van der Waals surface area (Å²) in [4.78, 5) is 30.4. The number of aromatic nitrogens is 7. The molecule has 12 heteroatoms. The summed E-state index contributed by atoms with van der Waals surface area (Å²) in [6.45, 7) is 5.50. The Bertz CT molecular complexity index is 1560. The van der Waals surface area contributed by atoms with Gasteiger partial charge in [-0.25, -0.2) is 14.5 Å². The van der Waals surface area contributed by atoms with Crippen molar-refractivity contribution in [3.8, 4) is 17.1 Å². The molecule has 0 bridgehead atoms. The van der Waals surface area contributed by atoms with Gasteiger partial charge in [-0.05, 0) is 46.5 Å². The van der Waals surface area contributed by atoms with Gasteiger partial charge in [-0.1, -0.05) is 0 Å². The Balaban J connectivity index is 1.43. The molecule has 0 aliphatic heterocycles. The Morgan fingerprint density at radius 2 is 1.82 bits per heavy atom. The van der Waals surface area contributed by atoms with E-state index in [1.807, 2.05) is 44.8 Å². The standard InChI is InChI=1S/C27H34N8O4/c1-27(2,3)39-26(37)33(5)22-13-21-20(15-28-22)25(17-14-29-32(4)16-17)31-35(21)18-7-9-19(10-8-18)38-23-11-12-24(36)34(6)30-23/h11-16,18-19H,7-10H2,1-6H3. The molecule has 0 aromatic carbocycles. The van der Waals surface area contributed by atoms with Gasteiger partial charge >= 0.3 is 6.09 Å². The molecule has 4 heterocycles. The van der Waals surface area contributed by atoms with Crippen molar-refractivity contribution in [2.45, 2.75) is 64.2 Å². The molecule has 5 rings (SSSR count). The lowest BCUT2D eigenvalue weighted by Crippen LogP contribution is -2.34. The summed E-state index contributed by atoms with van der Waals surface area (Å²) in [6.07, 6.45) is 8.33. The predicted molar refractivity (Wildman–Crippen MR) is 146 cm³/mol. The van der Waals surface area contributed by atoms with E-state index in [4.69, 9.17) is 14.6 Å². The van der Waals surface area contributed by atoms with Crippen LogP contribution >= 0.6 is 0 Å². The Labute approximate surface area is 226 Å². The first-order valence-corrected chi connectivity index (χ1v) is 13.0. The van der Waals surface area contributed by atoms with Gasteiger partial charge < -0.3 is 9.47 Å². The van der Waals surface area contributed by atoms with Crippen molar-refractivity contribution in [1.29, 1.82) is 0 Å². The van der Waals surface area contributed by atoms with Gasteiger partial charge in [-0.15, -0.1) is 5.10 Å². The molecule has 1 fully saturated rings. The highest BCUT2D eigenvalue weighted by Gasteiger charge is 2.28. The fourth-order valence-electron chi connectivity index (χ4n) is 4.79. The van der Waals surface area contributed by atoms with Crippen LogP contribution in [0, 0.1) is 0 Å². The SMILES string of the molecule is CN(C(=O)OC(C)(C)C)c1cc2c(cn1)c(-c1cnn(C)c1)nn2C1CCC(Oc2ccc(=O)n(C)n2)CC1. The number of amides is 1. The summed E-state index contributed by atoms with van der Waals surface area (Å²) in [5.41, 5.74) is 1.79. The average molecular weight is 535 g/mol. The van der Waals surface area contributed by atoms with Gasteiger partial charge in [0.2, 0.25) is 5.88 Å². The summed E-state index contributed by atoms with van der Waals surface area (Å²) in [5.74, 6) is 0.929. The zero-order chi connectivity index (χ0) is 27.9. The Hall–Kier alpha value is -4.22. The van der Waals surface area contributed by atoms with E-state index >= 15 is 0 Å².